The average Bonchev–Trinajstić information content (AvgIpc) is 2.68. The summed E-state index contributed by atoms with van der Waals surface area (Å²) >= 11 is 1.72. The lowest BCUT2D eigenvalue weighted by atomic mass is 9.96. The summed E-state index contributed by atoms with van der Waals surface area (Å²) in [6.07, 6.45) is 7.20. The zero-order valence-electron chi connectivity index (χ0n) is 12.2. The van der Waals surface area contributed by atoms with E-state index in [2.05, 4.69) is 13.0 Å². The second kappa shape index (κ2) is 5.86. The van der Waals surface area contributed by atoms with Gasteiger partial charge < -0.3 is 10.6 Å². The highest BCUT2D eigenvalue weighted by atomic mass is 32.1. The van der Waals surface area contributed by atoms with Gasteiger partial charge in [-0.2, -0.15) is 0 Å². The fraction of sp³-hybridized carbons (Fsp3) is 0.688. The Labute approximate surface area is 125 Å². The molecule has 1 aliphatic heterocycles. The minimum Gasteiger partial charge on any atom is -0.336 e. The number of rotatable bonds is 1. The third-order valence-corrected chi connectivity index (χ3v) is 5.66. The van der Waals surface area contributed by atoms with Crippen molar-refractivity contribution in [3.05, 3.63) is 21.4 Å². The number of hydrogen-bond acceptors (Lipinski definition) is 3. The van der Waals surface area contributed by atoms with E-state index in [1.165, 1.54) is 29.7 Å². The second-order valence-corrected chi connectivity index (χ2v) is 7.57. The van der Waals surface area contributed by atoms with Crippen LogP contribution in [0.5, 0.6) is 0 Å². The minimum absolute atomic E-state index is 0.139. The van der Waals surface area contributed by atoms with Crippen molar-refractivity contribution in [2.75, 3.05) is 13.1 Å². The van der Waals surface area contributed by atoms with Crippen LogP contribution in [-0.2, 0) is 12.8 Å². The van der Waals surface area contributed by atoms with Gasteiger partial charge in [-0.15, -0.1) is 11.3 Å². The molecule has 0 radical (unpaired) electrons. The van der Waals surface area contributed by atoms with E-state index >= 15 is 0 Å². The van der Waals surface area contributed by atoms with Crippen molar-refractivity contribution in [3.63, 3.8) is 0 Å². The Balaban J connectivity index is 1.77. The van der Waals surface area contributed by atoms with Crippen molar-refractivity contribution < 1.29 is 4.79 Å². The Morgan fingerprint density at radius 2 is 2.10 bits per heavy atom. The fourth-order valence-electron chi connectivity index (χ4n) is 3.49. The fourth-order valence-corrected chi connectivity index (χ4v) is 4.72. The molecule has 0 spiro atoms. The highest BCUT2D eigenvalue weighted by Crippen LogP contribution is 2.30. The molecular formula is C16H24N2OS. The Morgan fingerprint density at radius 3 is 2.90 bits per heavy atom. The van der Waals surface area contributed by atoms with Crippen LogP contribution in [0.25, 0.3) is 0 Å². The molecule has 2 aliphatic rings. The third-order valence-electron chi connectivity index (χ3n) is 4.44. The molecule has 1 fully saturated rings. The average molecular weight is 292 g/mol. The third kappa shape index (κ3) is 2.91. The molecule has 1 saturated heterocycles. The van der Waals surface area contributed by atoms with E-state index in [0.717, 1.165) is 30.7 Å². The van der Waals surface area contributed by atoms with Gasteiger partial charge >= 0.3 is 0 Å². The summed E-state index contributed by atoms with van der Waals surface area (Å²) in [5.41, 5.74) is 7.48. The van der Waals surface area contributed by atoms with Crippen molar-refractivity contribution in [1.82, 2.24) is 4.90 Å². The molecule has 1 aromatic rings. The van der Waals surface area contributed by atoms with Gasteiger partial charge in [-0.25, -0.2) is 0 Å². The van der Waals surface area contributed by atoms with Crippen LogP contribution in [0.3, 0.4) is 0 Å². The van der Waals surface area contributed by atoms with Gasteiger partial charge in [0.25, 0.3) is 5.91 Å². The number of likely N-dealkylation sites (tertiary alicyclic amines) is 1. The molecule has 3 nitrogen and oxygen atoms in total. The van der Waals surface area contributed by atoms with Gasteiger partial charge in [0, 0.05) is 24.0 Å². The lowest BCUT2D eigenvalue weighted by Crippen LogP contribution is -2.48. The Bertz CT molecular complexity index is 463. The Morgan fingerprint density at radius 1 is 1.30 bits per heavy atom. The molecule has 1 amide bonds. The van der Waals surface area contributed by atoms with Crippen molar-refractivity contribution in [2.45, 2.75) is 51.5 Å². The van der Waals surface area contributed by atoms with E-state index in [-0.39, 0.29) is 11.9 Å². The number of carbonyl (C=O) groups excluding carboxylic acids is 1. The van der Waals surface area contributed by atoms with Gasteiger partial charge in [-0.1, -0.05) is 13.3 Å². The first kappa shape index (κ1) is 14.1. The highest BCUT2D eigenvalue weighted by molar-refractivity contribution is 7.14. The molecule has 0 aromatic carbocycles. The van der Waals surface area contributed by atoms with E-state index in [4.69, 9.17) is 5.73 Å². The maximum Gasteiger partial charge on any atom is 0.264 e. The first-order chi connectivity index (χ1) is 9.63. The molecule has 2 N–H and O–H groups in total. The number of nitrogens with zero attached hydrogens (tertiary/aromatic N) is 1. The molecule has 2 unspecified atom stereocenters. The lowest BCUT2D eigenvalue weighted by molar-refractivity contribution is 0.0666. The van der Waals surface area contributed by atoms with Crippen LogP contribution in [0.2, 0.25) is 0 Å². The van der Waals surface area contributed by atoms with E-state index in [1.807, 2.05) is 4.90 Å². The van der Waals surface area contributed by atoms with Crippen molar-refractivity contribution >= 4 is 17.2 Å². The lowest BCUT2D eigenvalue weighted by Gasteiger charge is -2.34. The van der Waals surface area contributed by atoms with E-state index in [9.17, 15) is 4.79 Å². The molecule has 3 rings (SSSR count). The summed E-state index contributed by atoms with van der Waals surface area (Å²) in [6.45, 7) is 3.75. The summed E-state index contributed by atoms with van der Waals surface area (Å²) in [5.74, 6) is 0.713. The number of hydrogen-bond donors (Lipinski definition) is 1. The van der Waals surface area contributed by atoms with Crippen LogP contribution < -0.4 is 5.73 Å². The zero-order valence-corrected chi connectivity index (χ0v) is 13.0. The summed E-state index contributed by atoms with van der Waals surface area (Å²) in [7, 11) is 0. The molecule has 2 atom stereocenters. The maximum atomic E-state index is 12.7. The van der Waals surface area contributed by atoms with Crippen molar-refractivity contribution in [1.29, 1.82) is 0 Å². The molecule has 4 heteroatoms. The van der Waals surface area contributed by atoms with Gasteiger partial charge in [-0.05, 0) is 49.7 Å². The van der Waals surface area contributed by atoms with Crippen LogP contribution in [0.1, 0.15) is 52.7 Å². The van der Waals surface area contributed by atoms with Gasteiger partial charge in [-0.3, -0.25) is 4.79 Å². The molecular weight excluding hydrogens is 268 g/mol. The molecule has 1 aromatic heterocycles. The number of piperidine rings is 1. The van der Waals surface area contributed by atoms with Crippen LogP contribution in [-0.4, -0.2) is 29.9 Å². The second-order valence-electron chi connectivity index (χ2n) is 6.43. The molecule has 2 heterocycles. The van der Waals surface area contributed by atoms with Gasteiger partial charge in [0.15, 0.2) is 0 Å². The van der Waals surface area contributed by atoms with Gasteiger partial charge in [0.05, 0.1) is 4.88 Å². The SMILES string of the molecule is CC1CC(N)CN(C(=O)c2cc3c(s2)CCCCC3)C1. The molecule has 110 valence electrons. The standard InChI is InChI=1S/C16H24N2OS/c1-11-7-13(17)10-18(9-11)16(19)15-8-12-5-3-2-4-6-14(12)20-15/h8,11,13H,2-7,9-10,17H2,1H3. The van der Waals surface area contributed by atoms with Crippen LogP contribution in [0.15, 0.2) is 6.07 Å². The molecule has 0 saturated carbocycles. The zero-order chi connectivity index (χ0) is 14.1. The number of aryl methyl sites for hydroxylation is 2. The van der Waals surface area contributed by atoms with E-state index in [0.29, 0.717) is 12.5 Å². The molecule has 0 bridgehead atoms. The van der Waals surface area contributed by atoms with Crippen LogP contribution >= 0.6 is 11.3 Å². The monoisotopic (exact) mass is 292 g/mol. The van der Waals surface area contributed by atoms with Crippen LogP contribution in [0, 0.1) is 5.92 Å². The normalized spacial score (nSPS) is 27.0. The predicted molar refractivity (Wildman–Crippen MR) is 83.2 cm³/mol. The number of fused-ring (bicyclic) bond motifs is 1. The van der Waals surface area contributed by atoms with Gasteiger partial charge in [0.2, 0.25) is 0 Å². The van der Waals surface area contributed by atoms with Crippen LogP contribution in [0.4, 0.5) is 0 Å². The topological polar surface area (TPSA) is 46.3 Å². The number of nitrogens with two attached hydrogens (primary N) is 1. The quantitative estimate of drug-likeness (QED) is 0.809. The van der Waals surface area contributed by atoms with Crippen molar-refractivity contribution in [3.8, 4) is 0 Å². The first-order valence-corrected chi connectivity index (χ1v) is 8.61. The largest absolute Gasteiger partial charge is 0.336 e. The first-order valence-electron chi connectivity index (χ1n) is 7.80. The van der Waals surface area contributed by atoms with E-state index in [1.54, 1.807) is 11.3 Å². The summed E-state index contributed by atoms with van der Waals surface area (Å²) in [4.78, 5) is 17.0. The number of amides is 1. The predicted octanol–water partition coefficient (Wildman–Crippen LogP) is 2.83. The van der Waals surface area contributed by atoms with E-state index < -0.39 is 0 Å². The summed E-state index contributed by atoms with van der Waals surface area (Å²) in [5, 5.41) is 0. The number of carbonyl (C=O) groups is 1. The summed E-state index contributed by atoms with van der Waals surface area (Å²) < 4.78 is 0. The summed E-state index contributed by atoms with van der Waals surface area (Å²) in [6, 6.07) is 2.29. The molecule has 20 heavy (non-hydrogen) atoms. The highest BCUT2D eigenvalue weighted by Gasteiger charge is 2.28. The Hall–Kier alpha value is -0.870. The molecule has 1 aliphatic carbocycles. The van der Waals surface area contributed by atoms with Crippen molar-refractivity contribution in [2.24, 2.45) is 11.7 Å². The number of thiophene rings is 1. The smallest absolute Gasteiger partial charge is 0.264 e. The maximum absolute atomic E-state index is 12.7. The Kier molecular flexibility index (Phi) is 4.13. The van der Waals surface area contributed by atoms with Gasteiger partial charge in [0.1, 0.15) is 0 Å². The minimum atomic E-state index is 0.139.